The number of hydrogen-bond acceptors (Lipinski definition) is 4. The lowest BCUT2D eigenvalue weighted by molar-refractivity contribution is -0.144. The van der Waals surface area contributed by atoms with Gasteiger partial charge in [-0.15, -0.1) is 0 Å². The molecule has 1 heterocycles. The molecule has 0 saturated carbocycles. The lowest BCUT2D eigenvalue weighted by Crippen LogP contribution is -2.59. The fourth-order valence-corrected chi connectivity index (χ4v) is 3.05. The molecular formula is C10H18N2O3S. The summed E-state index contributed by atoms with van der Waals surface area (Å²) >= 11 is 1.60. The Balaban J connectivity index is 2.62. The molecule has 1 amide bonds. The number of nitrogens with one attached hydrogen (secondary N) is 2. The quantitative estimate of drug-likeness (QED) is 0.639. The van der Waals surface area contributed by atoms with Crippen molar-refractivity contribution in [2.75, 3.05) is 18.1 Å². The number of thioether (sulfide) groups is 1. The summed E-state index contributed by atoms with van der Waals surface area (Å²) in [6.45, 7) is 4.08. The van der Waals surface area contributed by atoms with E-state index in [4.69, 9.17) is 0 Å². The van der Waals surface area contributed by atoms with Crippen LogP contribution < -0.4 is 10.6 Å². The van der Waals surface area contributed by atoms with Crippen LogP contribution in [-0.4, -0.2) is 46.6 Å². The van der Waals surface area contributed by atoms with Crippen molar-refractivity contribution < 1.29 is 14.7 Å². The number of carbonyl (C=O) groups is 2. The predicted octanol–water partition coefficient (Wildman–Crippen LogP) is 0.0609. The van der Waals surface area contributed by atoms with Gasteiger partial charge in [0.05, 0.1) is 6.04 Å². The van der Waals surface area contributed by atoms with E-state index in [2.05, 4.69) is 10.6 Å². The Morgan fingerprint density at radius 2 is 2.25 bits per heavy atom. The Morgan fingerprint density at radius 1 is 1.56 bits per heavy atom. The largest absolute Gasteiger partial charge is 0.480 e. The topological polar surface area (TPSA) is 78.4 Å². The minimum absolute atomic E-state index is 0.153. The van der Waals surface area contributed by atoms with E-state index in [1.807, 2.05) is 6.92 Å². The van der Waals surface area contributed by atoms with Crippen LogP contribution >= 0.6 is 11.8 Å². The number of amides is 1. The van der Waals surface area contributed by atoms with Gasteiger partial charge in [0.15, 0.2) is 0 Å². The Morgan fingerprint density at radius 3 is 2.69 bits per heavy atom. The summed E-state index contributed by atoms with van der Waals surface area (Å²) in [6, 6.07) is -0.477. The normalized spacial score (nSPS) is 26.4. The number of hydrogen-bond donors (Lipinski definition) is 3. The Bertz CT molecular complexity index is 277. The molecule has 1 rings (SSSR count). The summed E-state index contributed by atoms with van der Waals surface area (Å²) in [4.78, 5) is 22.8. The highest BCUT2D eigenvalue weighted by atomic mass is 32.2. The summed E-state index contributed by atoms with van der Waals surface area (Å²) in [5, 5.41) is 14.8. The van der Waals surface area contributed by atoms with Gasteiger partial charge in [-0.05, 0) is 26.0 Å². The Hall–Kier alpha value is -0.750. The van der Waals surface area contributed by atoms with Crippen molar-refractivity contribution in [2.45, 2.75) is 31.8 Å². The van der Waals surface area contributed by atoms with Gasteiger partial charge in [0, 0.05) is 12.3 Å². The van der Waals surface area contributed by atoms with E-state index in [0.717, 1.165) is 5.75 Å². The van der Waals surface area contributed by atoms with E-state index in [1.165, 1.54) is 0 Å². The van der Waals surface area contributed by atoms with E-state index in [-0.39, 0.29) is 5.91 Å². The maximum Gasteiger partial charge on any atom is 0.324 e. The average Bonchev–Trinajstić information content (AvgIpc) is 2.68. The van der Waals surface area contributed by atoms with Gasteiger partial charge >= 0.3 is 5.97 Å². The molecular weight excluding hydrogens is 228 g/mol. The van der Waals surface area contributed by atoms with Crippen LogP contribution in [0.15, 0.2) is 0 Å². The second-order valence-corrected chi connectivity index (χ2v) is 5.06. The Kier molecular flexibility index (Phi) is 4.61. The molecule has 0 aromatic rings. The molecule has 1 saturated heterocycles. The summed E-state index contributed by atoms with van der Waals surface area (Å²) in [6.07, 6.45) is 0.566. The molecule has 1 aliphatic rings. The standard InChI is InChI=1S/C10H18N2O3S/c1-3-11-8(13)7(2)12-10(9(14)15)4-5-16-6-10/h7,12H,3-6H2,1-2H3,(H,11,13)(H,14,15). The summed E-state index contributed by atoms with van der Waals surface area (Å²) in [5.74, 6) is 0.321. The molecule has 1 aliphatic heterocycles. The third-order valence-electron chi connectivity index (χ3n) is 2.67. The van der Waals surface area contributed by atoms with E-state index in [9.17, 15) is 14.7 Å². The zero-order chi connectivity index (χ0) is 12.2. The van der Waals surface area contributed by atoms with Gasteiger partial charge in [-0.3, -0.25) is 14.9 Å². The maximum atomic E-state index is 11.5. The van der Waals surface area contributed by atoms with Gasteiger partial charge < -0.3 is 10.4 Å². The lowest BCUT2D eigenvalue weighted by Gasteiger charge is -2.28. The second-order valence-electron chi connectivity index (χ2n) is 3.95. The first-order chi connectivity index (χ1) is 7.52. The average molecular weight is 246 g/mol. The third kappa shape index (κ3) is 2.89. The van der Waals surface area contributed by atoms with Gasteiger partial charge in [0.2, 0.25) is 5.91 Å². The highest BCUT2D eigenvalue weighted by molar-refractivity contribution is 7.99. The third-order valence-corrected chi connectivity index (χ3v) is 3.86. The number of rotatable bonds is 5. The van der Waals surface area contributed by atoms with Crippen LogP contribution in [0, 0.1) is 0 Å². The molecule has 92 valence electrons. The van der Waals surface area contributed by atoms with Crippen molar-refractivity contribution in [3.63, 3.8) is 0 Å². The molecule has 3 N–H and O–H groups in total. The van der Waals surface area contributed by atoms with Crippen molar-refractivity contribution in [3.05, 3.63) is 0 Å². The SMILES string of the molecule is CCNC(=O)C(C)NC1(C(=O)O)CCSC1. The first-order valence-electron chi connectivity index (χ1n) is 5.38. The smallest absolute Gasteiger partial charge is 0.324 e. The number of carboxylic acids is 1. The van der Waals surface area contributed by atoms with E-state index in [1.54, 1.807) is 18.7 Å². The monoisotopic (exact) mass is 246 g/mol. The number of aliphatic carboxylic acids is 1. The molecule has 5 nitrogen and oxygen atoms in total. The zero-order valence-electron chi connectivity index (χ0n) is 9.58. The van der Waals surface area contributed by atoms with Crippen molar-refractivity contribution in [1.82, 2.24) is 10.6 Å². The molecule has 0 aromatic heterocycles. The summed E-state index contributed by atoms with van der Waals surface area (Å²) < 4.78 is 0. The van der Waals surface area contributed by atoms with Crippen molar-refractivity contribution in [2.24, 2.45) is 0 Å². The molecule has 0 bridgehead atoms. The fraction of sp³-hybridized carbons (Fsp3) is 0.800. The predicted molar refractivity (Wildman–Crippen MR) is 63.6 cm³/mol. The number of carbonyl (C=O) groups excluding carboxylic acids is 1. The molecule has 2 unspecified atom stereocenters. The summed E-state index contributed by atoms with van der Waals surface area (Å²) in [5.41, 5.74) is -0.935. The van der Waals surface area contributed by atoms with Crippen LogP contribution in [0.2, 0.25) is 0 Å². The Labute approximate surface area is 99.4 Å². The second kappa shape index (κ2) is 5.54. The first kappa shape index (κ1) is 13.3. The molecule has 0 spiro atoms. The minimum atomic E-state index is -0.935. The van der Waals surface area contributed by atoms with Crippen LogP contribution in [-0.2, 0) is 9.59 Å². The van der Waals surface area contributed by atoms with Gasteiger partial charge in [-0.2, -0.15) is 11.8 Å². The van der Waals surface area contributed by atoms with Gasteiger partial charge in [0.1, 0.15) is 5.54 Å². The van der Waals surface area contributed by atoms with Gasteiger partial charge in [0.25, 0.3) is 0 Å². The molecule has 0 aromatic carbocycles. The van der Waals surface area contributed by atoms with Crippen molar-refractivity contribution in [1.29, 1.82) is 0 Å². The van der Waals surface area contributed by atoms with Crippen molar-refractivity contribution >= 4 is 23.6 Å². The van der Waals surface area contributed by atoms with Crippen LogP contribution in [0.3, 0.4) is 0 Å². The molecule has 2 atom stereocenters. The number of likely N-dealkylation sites (N-methyl/N-ethyl adjacent to an activating group) is 1. The van der Waals surface area contributed by atoms with Crippen LogP contribution in [0.5, 0.6) is 0 Å². The van der Waals surface area contributed by atoms with Gasteiger partial charge in [-0.25, -0.2) is 0 Å². The zero-order valence-corrected chi connectivity index (χ0v) is 10.4. The fourth-order valence-electron chi connectivity index (χ4n) is 1.72. The van der Waals surface area contributed by atoms with Gasteiger partial charge in [-0.1, -0.05) is 0 Å². The van der Waals surface area contributed by atoms with Crippen molar-refractivity contribution in [3.8, 4) is 0 Å². The highest BCUT2D eigenvalue weighted by Gasteiger charge is 2.43. The van der Waals surface area contributed by atoms with Crippen LogP contribution in [0.25, 0.3) is 0 Å². The summed E-state index contributed by atoms with van der Waals surface area (Å²) in [7, 11) is 0. The van der Waals surface area contributed by atoms with Crippen LogP contribution in [0.4, 0.5) is 0 Å². The minimum Gasteiger partial charge on any atom is -0.480 e. The first-order valence-corrected chi connectivity index (χ1v) is 6.54. The van der Waals surface area contributed by atoms with E-state index >= 15 is 0 Å². The number of carboxylic acid groups (broad SMARTS) is 1. The highest BCUT2D eigenvalue weighted by Crippen LogP contribution is 2.28. The maximum absolute atomic E-state index is 11.5. The molecule has 0 aliphatic carbocycles. The lowest BCUT2D eigenvalue weighted by atomic mass is 9.98. The molecule has 16 heavy (non-hydrogen) atoms. The van der Waals surface area contributed by atoms with E-state index < -0.39 is 17.6 Å². The van der Waals surface area contributed by atoms with Crippen LogP contribution in [0.1, 0.15) is 20.3 Å². The molecule has 6 heteroatoms. The molecule has 1 fully saturated rings. The molecule has 0 radical (unpaired) electrons. The van der Waals surface area contributed by atoms with E-state index in [0.29, 0.717) is 18.7 Å².